The van der Waals surface area contributed by atoms with Gasteiger partial charge >= 0.3 is 0 Å². The second kappa shape index (κ2) is 9.87. The van der Waals surface area contributed by atoms with Crippen LogP contribution in [-0.2, 0) is 21.0 Å². The molecule has 7 nitrogen and oxygen atoms in total. The van der Waals surface area contributed by atoms with E-state index in [4.69, 9.17) is 21.1 Å². The quantitative estimate of drug-likeness (QED) is 0.347. The molecule has 1 aromatic heterocycles. The van der Waals surface area contributed by atoms with Crippen LogP contribution in [0.25, 0.3) is 11.3 Å². The normalized spacial score (nSPS) is 17.2. The molecule has 1 saturated heterocycles. The van der Waals surface area contributed by atoms with E-state index in [1.54, 1.807) is 9.58 Å². The molecule has 0 bridgehead atoms. The number of halogens is 1. The molecule has 1 aliphatic rings. The van der Waals surface area contributed by atoms with Gasteiger partial charge in [0.1, 0.15) is 12.4 Å². The zero-order chi connectivity index (χ0) is 21.7. The van der Waals surface area contributed by atoms with E-state index in [-0.39, 0.29) is 11.9 Å². The van der Waals surface area contributed by atoms with Crippen molar-refractivity contribution in [1.29, 1.82) is 0 Å². The summed E-state index contributed by atoms with van der Waals surface area (Å²) in [6.07, 6.45) is 3.17. The van der Waals surface area contributed by atoms with Crippen LogP contribution >= 0.6 is 11.6 Å². The van der Waals surface area contributed by atoms with Crippen LogP contribution in [0, 0.1) is 0 Å². The Bertz CT molecular complexity index is 897. The largest absolute Gasteiger partial charge is 0.377 e. The Morgan fingerprint density at radius 2 is 2.20 bits per heavy atom. The minimum absolute atomic E-state index is 0.119. The summed E-state index contributed by atoms with van der Waals surface area (Å²) in [6.45, 7) is 13.1. The molecule has 3 rings (SSSR count). The zero-order valence-electron chi connectivity index (χ0n) is 17.8. The molecule has 1 aliphatic heterocycles. The van der Waals surface area contributed by atoms with Crippen molar-refractivity contribution in [3.8, 4) is 11.3 Å². The topological polar surface area (TPSA) is 69.5 Å². The van der Waals surface area contributed by atoms with Crippen LogP contribution < -0.4 is 0 Å². The third-order valence-corrected chi connectivity index (χ3v) is 6.87. The Balaban J connectivity index is 1.75. The fourth-order valence-corrected chi connectivity index (χ4v) is 4.24. The molecule has 1 fully saturated rings. The summed E-state index contributed by atoms with van der Waals surface area (Å²) < 4.78 is 13.0. The Morgan fingerprint density at radius 3 is 2.93 bits per heavy atom. The van der Waals surface area contributed by atoms with Crippen molar-refractivity contribution in [2.75, 3.05) is 26.4 Å². The van der Waals surface area contributed by atoms with Gasteiger partial charge in [-0.1, -0.05) is 43.0 Å². The van der Waals surface area contributed by atoms with Crippen molar-refractivity contribution in [3.05, 3.63) is 47.6 Å². The standard InChI is InChI=1S/C21H29ClN4O3Si/c1-5-21(27)26-6-7-28-14-20(26)17-10-16(11-18(22)12-17)19-13-25(24-23-19)15-29-8-9-30(2,3)4/h5,10-13,20H,1,6-9,14-15H2,2-4H3/t20-/m0/s1. The van der Waals surface area contributed by atoms with Crippen LogP contribution in [0.4, 0.5) is 0 Å². The molecule has 0 saturated carbocycles. The van der Waals surface area contributed by atoms with Crippen LogP contribution in [0.5, 0.6) is 0 Å². The summed E-state index contributed by atoms with van der Waals surface area (Å²) in [6, 6.07) is 6.57. The summed E-state index contributed by atoms with van der Waals surface area (Å²) in [5.74, 6) is -0.119. The molecule has 0 N–H and O–H groups in total. The lowest BCUT2D eigenvalue weighted by atomic mass is 10.0. The third-order valence-electron chi connectivity index (χ3n) is 4.95. The van der Waals surface area contributed by atoms with Gasteiger partial charge in [0.05, 0.1) is 25.5 Å². The molecule has 0 unspecified atom stereocenters. The molecule has 1 atom stereocenters. The van der Waals surface area contributed by atoms with Gasteiger partial charge in [0, 0.05) is 31.8 Å². The van der Waals surface area contributed by atoms with Gasteiger partial charge in [-0.25, -0.2) is 4.68 Å². The monoisotopic (exact) mass is 448 g/mol. The molecule has 2 heterocycles. The molecule has 2 aromatic rings. The fourth-order valence-electron chi connectivity index (χ4n) is 3.24. The average molecular weight is 449 g/mol. The van der Waals surface area contributed by atoms with Crippen molar-refractivity contribution in [3.63, 3.8) is 0 Å². The number of ether oxygens (including phenoxy) is 2. The molecule has 0 spiro atoms. The Morgan fingerprint density at radius 1 is 1.40 bits per heavy atom. The molecule has 30 heavy (non-hydrogen) atoms. The van der Waals surface area contributed by atoms with Crippen LogP contribution in [0.3, 0.4) is 0 Å². The van der Waals surface area contributed by atoms with E-state index in [1.807, 2.05) is 24.4 Å². The SMILES string of the molecule is C=CC(=O)N1CCOC[C@H]1c1cc(Cl)cc(-c2cn(COCC[Si](C)(C)C)nn2)c1. The Labute approximate surface area is 183 Å². The number of hydrogen-bond donors (Lipinski definition) is 0. The van der Waals surface area contributed by atoms with Gasteiger partial charge in [-0.3, -0.25) is 4.79 Å². The van der Waals surface area contributed by atoms with Gasteiger partial charge in [-0.15, -0.1) is 5.10 Å². The maximum absolute atomic E-state index is 12.3. The van der Waals surface area contributed by atoms with Crippen molar-refractivity contribution >= 4 is 25.6 Å². The summed E-state index contributed by atoms with van der Waals surface area (Å²) >= 11 is 6.39. The summed E-state index contributed by atoms with van der Waals surface area (Å²) in [5.41, 5.74) is 2.43. The first kappa shape index (κ1) is 22.7. The second-order valence-electron chi connectivity index (χ2n) is 8.59. The molecular weight excluding hydrogens is 420 g/mol. The van der Waals surface area contributed by atoms with Gasteiger partial charge in [-0.05, 0) is 35.9 Å². The molecule has 0 radical (unpaired) electrons. The Kier molecular flexibility index (Phi) is 7.46. The van der Waals surface area contributed by atoms with Crippen molar-refractivity contribution in [1.82, 2.24) is 19.9 Å². The Hall–Kier alpha value is -2.00. The van der Waals surface area contributed by atoms with E-state index in [2.05, 4.69) is 36.5 Å². The van der Waals surface area contributed by atoms with Crippen LogP contribution in [0.1, 0.15) is 11.6 Å². The van der Waals surface area contributed by atoms with Crippen LogP contribution in [0.2, 0.25) is 30.7 Å². The van der Waals surface area contributed by atoms with Gasteiger partial charge in [0.2, 0.25) is 5.91 Å². The van der Waals surface area contributed by atoms with E-state index in [9.17, 15) is 4.79 Å². The van der Waals surface area contributed by atoms with E-state index in [1.165, 1.54) is 6.08 Å². The number of rotatable bonds is 8. The predicted octanol–water partition coefficient (Wildman–Crippen LogP) is 4.00. The highest BCUT2D eigenvalue weighted by Gasteiger charge is 2.28. The van der Waals surface area contributed by atoms with Crippen molar-refractivity contribution in [2.45, 2.75) is 38.5 Å². The summed E-state index contributed by atoms with van der Waals surface area (Å²) in [5, 5.41) is 9.00. The van der Waals surface area contributed by atoms with E-state index >= 15 is 0 Å². The van der Waals surface area contributed by atoms with E-state index in [0.29, 0.717) is 37.2 Å². The number of morpholine rings is 1. The number of benzene rings is 1. The first-order chi connectivity index (χ1) is 14.3. The highest BCUT2D eigenvalue weighted by atomic mass is 35.5. The minimum Gasteiger partial charge on any atom is -0.377 e. The van der Waals surface area contributed by atoms with Gasteiger partial charge in [0.15, 0.2) is 0 Å². The maximum atomic E-state index is 12.3. The molecule has 162 valence electrons. The highest BCUT2D eigenvalue weighted by molar-refractivity contribution is 6.76. The molecule has 1 aromatic carbocycles. The lowest BCUT2D eigenvalue weighted by molar-refractivity contribution is -0.134. The average Bonchev–Trinajstić information content (AvgIpc) is 3.18. The fraction of sp³-hybridized carbons (Fsp3) is 0.476. The third kappa shape index (κ3) is 6.01. The first-order valence-corrected chi connectivity index (χ1v) is 14.1. The zero-order valence-corrected chi connectivity index (χ0v) is 19.6. The second-order valence-corrected chi connectivity index (χ2v) is 14.6. The smallest absolute Gasteiger partial charge is 0.246 e. The summed E-state index contributed by atoms with van der Waals surface area (Å²) in [4.78, 5) is 14.0. The van der Waals surface area contributed by atoms with Crippen molar-refractivity contribution < 1.29 is 14.3 Å². The van der Waals surface area contributed by atoms with Crippen LogP contribution in [0.15, 0.2) is 37.1 Å². The number of carbonyl (C=O) groups excluding carboxylic acids is 1. The number of amides is 1. The van der Waals surface area contributed by atoms with Gasteiger partial charge < -0.3 is 14.4 Å². The first-order valence-electron chi connectivity index (χ1n) is 10.1. The molecule has 0 aliphatic carbocycles. The lowest BCUT2D eigenvalue weighted by Gasteiger charge is -2.35. The van der Waals surface area contributed by atoms with Gasteiger partial charge in [0.25, 0.3) is 0 Å². The molecule has 9 heteroatoms. The number of hydrogen-bond acceptors (Lipinski definition) is 5. The molecule has 1 amide bonds. The summed E-state index contributed by atoms with van der Waals surface area (Å²) in [7, 11) is -1.12. The number of carbonyl (C=O) groups is 1. The van der Waals surface area contributed by atoms with Crippen LogP contribution in [-0.4, -0.2) is 60.2 Å². The van der Waals surface area contributed by atoms with E-state index < -0.39 is 8.07 Å². The number of aromatic nitrogens is 3. The highest BCUT2D eigenvalue weighted by Crippen LogP contribution is 2.31. The van der Waals surface area contributed by atoms with Gasteiger partial charge in [-0.2, -0.15) is 0 Å². The lowest BCUT2D eigenvalue weighted by Crippen LogP contribution is -2.42. The van der Waals surface area contributed by atoms with Crippen molar-refractivity contribution in [2.24, 2.45) is 0 Å². The van der Waals surface area contributed by atoms with E-state index in [0.717, 1.165) is 23.8 Å². The molecular formula is C21H29ClN4O3Si. The number of nitrogens with zero attached hydrogens (tertiary/aromatic N) is 4. The predicted molar refractivity (Wildman–Crippen MR) is 120 cm³/mol. The maximum Gasteiger partial charge on any atom is 0.246 e. The minimum atomic E-state index is -1.12.